The average Bonchev–Trinajstić information content (AvgIpc) is 2.89. The SMILES string of the molecule is CC#CC(=O)N[C@@H](C)c1nc(-c2ccc(Br)cc2)no1. The van der Waals surface area contributed by atoms with Crippen molar-refractivity contribution in [1.82, 2.24) is 15.5 Å². The first-order chi connectivity index (χ1) is 9.60. The second-order valence-corrected chi connectivity index (χ2v) is 4.95. The number of nitrogens with zero attached hydrogens (tertiary/aromatic N) is 2. The number of amides is 1. The van der Waals surface area contributed by atoms with Crippen molar-refractivity contribution in [2.24, 2.45) is 0 Å². The van der Waals surface area contributed by atoms with E-state index in [1.54, 1.807) is 13.8 Å². The Labute approximate surface area is 124 Å². The lowest BCUT2D eigenvalue weighted by atomic mass is 10.2. The second kappa shape index (κ2) is 6.35. The summed E-state index contributed by atoms with van der Waals surface area (Å²) in [5.41, 5.74) is 0.843. The van der Waals surface area contributed by atoms with Gasteiger partial charge in [0.1, 0.15) is 6.04 Å². The summed E-state index contributed by atoms with van der Waals surface area (Å²) in [6.45, 7) is 3.36. The molecule has 1 heterocycles. The van der Waals surface area contributed by atoms with Crippen molar-refractivity contribution >= 4 is 21.8 Å². The Bertz CT molecular complexity index is 668. The number of aromatic nitrogens is 2. The van der Waals surface area contributed by atoms with Crippen molar-refractivity contribution in [3.05, 3.63) is 34.6 Å². The van der Waals surface area contributed by atoms with E-state index in [4.69, 9.17) is 4.52 Å². The van der Waals surface area contributed by atoms with Gasteiger partial charge in [-0.25, -0.2) is 0 Å². The van der Waals surface area contributed by atoms with Crippen LogP contribution in [-0.4, -0.2) is 16.0 Å². The summed E-state index contributed by atoms with van der Waals surface area (Å²) in [6.07, 6.45) is 0. The molecule has 102 valence electrons. The molecular formula is C14H12BrN3O2. The molecule has 0 aliphatic carbocycles. The fourth-order valence-electron chi connectivity index (χ4n) is 1.54. The molecule has 1 amide bonds. The molecule has 0 saturated heterocycles. The van der Waals surface area contributed by atoms with Gasteiger partial charge in [0.15, 0.2) is 0 Å². The highest BCUT2D eigenvalue weighted by Gasteiger charge is 2.16. The van der Waals surface area contributed by atoms with Gasteiger partial charge in [-0.3, -0.25) is 4.79 Å². The minimum absolute atomic E-state index is 0.342. The highest BCUT2D eigenvalue weighted by molar-refractivity contribution is 9.10. The molecule has 1 atom stereocenters. The zero-order valence-corrected chi connectivity index (χ0v) is 12.6. The third-order valence-electron chi connectivity index (χ3n) is 2.50. The molecule has 0 saturated carbocycles. The van der Waals surface area contributed by atoms with Crippen LogP contribution in [0.2, 0.25) is 0 Å². The quantitative estimate of drug-likeness (QED) is 0.877. The van der Waals surface area contributed by atoms with Crippen molar-refractivity contribution in [2.75, 3.05) is 0 Å². The minimum Gasteiger partial charge on any atom is -0.337 e. The van der Waals surface area contributed by atoms with E-state index in [-0.39, 0.29) is 11.9 Å². The molecule has 6 heteroatoms. The molecule has 0 aliphatic rings. The highest BCUT2D eigenvalue weighted by Crippen LogP contribution is 2.20. The molecule has 1 aromatic heterocycles. The number of halogens is 1. The molecule has 0 bridgehead atoms. The van der Waals surface area contributed by atoms with Gasteiger partial charge in [-0.1, -0.05) is 27.0 Å². The molecule has 0 fully saturated rings. The van der Waals surface area contributed by atoms with Gasteiger partial charge in [-0.05, 0) is 44.0 Å². The number of nitrogens with one attached hydrogen (secondary N) is 1. The van der Waals surface area contributed by atoms with Crippen molar-refractivity contribution in [3.63, 3.8) is 0 Å². The molecule has 0 aliphatic heterocycles. The Morgan fingerprint density at radius 3 is 2.75 bits per heavy atom. The van der Waals surface area contributed by atoms with E-state index in [2.05, 4.69) is 43.2 Å². The standard InChI is InChI=1S/C14H12BrN3O2/c1-3-4-12(19)16-9(2)14-17-13(18-20-14)10-5-7-11(15)8-6-10/h5-9H,1-2H3,(H,16,19)/t9-/m0/s1. The summed E-state index contributed by atoms with van der Waals surface area (Å²) >= 11 is 3.36. The maximum absolute atomic E-state index is 11.4. The monoisotopic (exact) mass is 333 g/mol. The van der Waals surface area contributed by atoms with E-state index in [0.717, 1.165) is 10.0 Å². The van der Waals surface area contributed by atoms with Crippen LogP contribution >= 0.6 is 15.9 Å². The first-order valence-electron chi connectivity index (χ1n) is 5.93. The van der Waals surface area contributed by atoms with Crippen LogP contribution in [0.4, 0.5) is 0 Å². The van der Waals surface area contributed by atoms with E-state index in [9.17, 15) is 4.79 Å². The molecule has 1 N–H and O–H groups in total. The Kier molecular flexibility index (Phi) is 4.53. The number of carbonyl (C=O) groups excluding carboxylic acids is 1. The van der Waals surface area contributed by atoms with Gasteiger partial charge in [0.05, 0.1) is 0 Å². The van der Waals surface area contributed by atoms with Gasteiger partial charge < -0.3 is 9.84 Å². The third-order valence-corrected chi connectivity index (χ3v) is 3.03. The van der Waals surface area contributed by atoms with Crippen LogP contribution < -0.4 is 5.32 Å². The number of hydrogen-bond acceptors (Lipinski definition) is 4. The van der Waals surface area contributed by atoms with Crippen molar-refractivity contribution < 1.29 is 9.32 Å². The molecule has 2 rings (SSSR count). The summed E-state index contributed by atoms with van der Waals surface area (Å²) < 4.78 is 6.13. The zero-order valence-electron chi connectivity index (χ0n) is 11.0. The highest BCUT2D eigenvalue weighted by atomic mass is 79.9. The predicted molar refractivity (Wildman–Crippen MR) is 77.4 cm³/mol. The lowest BCUT2D eigenvalue weighted by Crippen LogP contribution is -2.25. The molecule has 5 nitrogen and oxygen atoms in total. The molecule has 20 heavy (non-hydrogen) atoms. The molecule has 0 unspecified atom stereocenters. The van der Waals surface area contributed by atoms with E-state index >= 15 is 0 Å². The van der Waals surface area contributed by atoms with Gasteiger partial charge in [-0.2, -0.15) is 4.98 Å². The van der Waals surface area contributed by atoms with E-state index < -0.39 is 0 Å². The third kappa shape index (κ3) is 3.45. The number of rotatable bonds is 3. The van der Waals surface area contributed by atoms with Crippen LogP contribution in [0, 0.1) is 11.8 Å². The van der Waals surface area contributed by atoms with E-state index in [1.807, 2.05) is 24.3 Å². The topological polar surface area (TPSA) is 68.0 Å². The minimum atomic E-state index is -0.389. The first kappa shape index (κ1) is 14.3. The van der Waals surface area contributed by atoms with Crippen molar-refractivity contribution in [2.45, 2.75) is 19.9 Å². The summed E-state index contributed by atoms with van der Waals surface area (Å²) in [7, 11) is 0. The number of carbonyl (C=O) groups is 1. The van der Waals surface area contributed by atoms with Crippen molar-refractivity contribution in [3.8, 4) is 23.2 Å². The van der Waals surface area contributed by atoms with Gasteiger partial charge >= 0.3 is 0 Å². The number of hydrogen-bond donors (Lipinski definition) is 1. The fourth-order valence-corrected chi connectivity index (χ4v) is 1.80. The van der Waals surface area contributed by atoms with Crippen molar-refractivity contribution in [1.29, 1.82) is 0 Å². The summed E-state index contributed by atoms with van der Waals surface area (Å²) in [5.74, 6) is 5.37. The van der Waals surface area contributed by atoms with Crippen LogP contribution in [0.5, 0.6) is 0 Å². The van der Waals surface area contributed by atoms with Gasteiger partial charge in [-0.15, -0.1) is 0 Å². The van der Waals surface area contributed by atoms with Crippen LogP contribution in [0.15, 0.2) is 33.3 Å². The lowest BCUT2D eigenvalue weighted by molar-refractivity contribution is -0.116. The normalized spacial score (nSPS) is 11.3. The molecule has 1 aromatic carbocycles. The molecule has 0 radical (unpaired) electrons. The average molecular weight is 334 g/mol. The predicted octanol–water partition coefficient (Wildman–Crippen LogP) is 2.70. The summed E-state index contributed by atoms with van der Waals surface area (Å²) in [4.78, 5) is 15.6. The van der Waals surface area contributed by atoms with Gasteiger partial charge in [0.25, 0.3) is 5.91 Å². The fraction of sp³-hybridized carbons (Fsp3) is 0.214. The first-order valence-corrected chi connectivity index (χ1v) is 6.72. The van der Waals surface area contributed by atoms with Gasteiger partial charge in [0, 0.05) is 10.0 Å². The lowest BCUT2D eigenvalue weighted by Gasteiger charge is -2.05. The smallest absolute Gasteiger partial charge is 0.296 e. The maximum atomic E-state index is 11.4. The Balaban J connectivity index is 2.13. The zero-order chi connectivity index (χ0) is 14.5. The molecule has 2 aromatic rings. The summed E-state index contributed by atoms with van der Waals surface area (Å²) in [5, 5.41) is 6.56. The van der Waals surface area contributed by atoms with Crippen LogP contribution in [0.1, 0.15) is 25.8 Å². The molecule has 0 spiro atoms. The van der Waals surface area contributed by atoms with E-state index in [0.29, 0.717) is 11.7 Å². The Morgan fingerprint density at radius 1 is 1.40 bits per heavy atom. The largest absolute Gasteiger partial charge is 0.337 e. The second-order valence-electron chi connectivity index (χ2n) is 4.03. The summed E-state index contributed by atoms with van der Waals surface area (Å²) in [6, 6.07) is 7.16. The Morgan fingerprint density at radius 2 is 2.10 bits per heavy atom. The Hall–Kier alpha value is -2.13. The van der Waals surface area contributed by atoms with Crippen LogP contribution in [0.3, 0.4) is 0 Å². The van der Waals surface area contributed by atoms with E-state index in [1.165, 1.54) is 0 Å². The van der Waals surface area contributed by atoms with Gasteiger partial charge in [0.2, 0.25) is 11.7 Å². The van der Waals surface area contributed by atoms with Crippen LogP contribution in [-0.2, 0) is 4.79 Å². The molecular weight excluding hydrogens is 322 g/mol. The van der Waals surface area contributed by atoms with Crippen LogP contribution in [0.25, 0.3) is 11.4 Å². The number of benzene rings is 1. The maximum Gasteiger partial charge on any atom is 0.296 e.